The van der Waals surface area contributed by atoms with E-state index >= 15 is 0 Å². The van der Waals surface area contributed by atoms with Gasteiger partial charge < -0.3 is 15.6 Å². The van der Waals surface area contributed by atoms with Gasteiger partial charge in [-0.1, -0.05) is 18.2 Å². The molecule has 0 aliphatic rings. The Hall–Kier alpha value is -1.46. The molecule has 20 heavy (non-hydrogen) atoms. The lowest BCUT2D eigenvalue weighted by molar-refractivity contribution is -0.144. The van der Waals surface area contributed by atoms with Gasteiger partial charge in [-0.05, 0) is 32.8 Å². The number of benzene rings is 1. The van der Waals surface area contributed by atoms with Gasteiger partial charge in [0.05, 0.1) is 5.60 Å². The Morgan fingerprint density at radius 2 is 1.95 bits per heavy atom. The fourth-order valence-corrected chi connectivity index (χ4v) is 2.12. The smallest absolute Gasteiger partial charge is 0.315 e. The van der Waals surface area contributed by atoms with Gasteiger partial charge in [-0.2, -0.15) is 0 Å². The summed E-state index contributed by atoms with van der Waals surface area (Å²) in [5.41, 5.74) is 3.90. The van der Waals surface area contributed by atoms with Crippen molar-refractivity contribution < 1.29 is 19.0 Å². The third kappa shape index (κ3) is 3.35. The Bertz CT molecular complexity index is 476. The number of aliphatic carboxylic acids is 1. The minimum absolute atomic E-state index is 0.127. The summed E-state index contributed by atoms with van der Waals surface area (Å²) < 4.78 is 19.3. The fraction of sp³-hybridized carbons (Fsp3) is 0.533. The number of carboxylic acids is 1. The average Bonchev–Trinajstić information content (AvgIpc) is 2.41. The van der Waals surface area contributed by atoms with Crippen molar-refractivity contribution in [1.29, 1.82) is 0 Å². The van der Waals surface area contributed by atoms with Crippen molar-refractivity contribution in [3.05, 3.63) is 35.6 Å². The van der Waals surface area contributed by atoms with Crippen LogP contribution in [-0.4, -0.2) is 30.3 Å². The molecule has 0 radical (unpaired) electrons. The molecule has 5 heteroatoms. The van der Waals surface area contributed by atoms with Gasteiger partial charge in [0.25, 0.3) is 0 Å². The molecule has 1 aromatic carbocycles. The first-order valence-corrected chi connectivity index (χ1v) is 6.53. The lowest BCUT2D eigenvalue weighted by Gasteiger charge is -2.32. The Kier molecular flexibility index (Phi) is 5.25. The first kappa shape index (κ1) is 16.6. The largest absolute Gasteiger partial charge is 0.481 e. The van der Waals surface area contributed by atoms with Crippen LogP contribution in [0.5, 0.6) is 0 Å². The molecule has 0 aliphatic heterocycles. The number of methoxy groups -OCH3 is 1. The first-order valence-electron chi connectivity index (χ1n) is 6.53. The molecule has 4 nitrogen and oxygen atoms in total. The predicted octanol–water partition coefficient (Wildman–Crippen LogP) is 2.31. The van der Waals surface area contributed by atoms with Gasteiger partial charge in [-0.25, -0.2) is 4.39 Å². The summed E-state index contributed by atoms with van der Waals surface area (Å²) >= 11 is 0. The molecule has 0 bridgehead atoms. The van der Waals surface area contributed by atoms with Crippen molar-refractivity contribution in [2.75, 3.05) is 13.7 Å². The van der Waals surface area contributed by atoms with Crippen LogP contribution in [0, 0.1) is 5.82 Å². The van der Waals surface area contributed by atoms with E-state index in [4.69, 9.17) is 10.5 Å². The van der Waals surface area contributed by atoms with E-state index in [1.165, 1.54) is 18.2 Å². The molecular weight excluding hydrogens is 261 g/mol. The summed E-state index contributed by atoms with van der Waals surface area (Å²) in [5, 5.41) is 9.58. The molecule has 0 amide bonds. The maximum atomic E-state index is 14.0. The maximum absolute atomic E-state index is 14.0. The van der Waals surface area contributed by atoms with Crippen molar-refractivity contribution in [2.24, 2.45) is 5.73 Å². The molecule has 112 valence electrons. The maximum Gasteiger partial charge on any atom is 0.315 e. The molecule has 0 aromatic heterocycles. The highest BCUT2D eigenvalue weighted by atomic mass is 19.1. The van der Waals surface area contributed by atoms with Gasteiger partial charge in [0.1, 0.15) is 11.2 Å². The molecule has 0 spiro atoms. The van der Waals surface area contributed by atoms with E-state index < -0.39 is 22.8 Å². The van der Waals surface area contributed by atoms with E-state index in [0.29, 0.717) is 6.42 Å². The van der Waals surface area contributed by atoms with Crippen LogP contribution in [0.1, 0.15) is 32.3 Å². The zero-order valence-electron chi connectivity index (χ0n) is 12.1. The molecule has 1 aromatic rings. The summed E-state index contributed by atoms with van der Waals surface area (Å²) in [5.74, 6) is -1.66. The molecular formula is C15H22FNO3. The number of halogens is 1. The van der Waals surface area contributed by atoms with Crippen molar-refractivity contribution in [3.63, 3.8) is 0 Å². The van der Waals surface area contributed by atoms with Crippen LogP contribution < -0.4 is 5.73 Å². The SMILES string of the molecule is COC(C)(C)CCC(CN)(C(=O)O)c1ccccc1F. The molecule has 0 saturated heterocycles. The standard InChI is InChI=1S/C15H22FNO3/c1-14(2,20-3)8-9-15(10-17,13(18)19)11-6-4-5-7-12(11)16/h4-7H,8-10,17H2,1-3H3,(H,18,19). The Labute approximate surface area is 118 Å². The molecule has 1 atom stereocenters. The Morgan fingerprint density at radius 3 is 2.40 bits per heavy atom. The Morgan fingerprint density at radius 1 is 1.35 bits per heavy atom. The van der Waals surface area contributed by atoms with Crippen LogP contribution in [-0.2, 0) is 14.9 Å². The summed E-state index contributed by atoms with van der Waals surface area (Å²) in [6.07, 6.45) is 0.669. The lowest BCUT2D eigenvalue weighted by Crippen LogP contribution is -2.45. The molecule has 1 rings (SSSR count). The monoisotopic (exact) mass is 283 g/mol. The van der Waals surface area contributed by atoms with Gasteiger partial charge >= 0.3 is 5.97 Å². The minimum atomic E-state index is -1.43. The Balaban J connectivity index is 3.17. The summed E-state index contributed by atoms with van der Waals surface area (Å²) in [4.78, 5) is 11.7. The average molecular weight is 283 g/mol. The number of nitrogens with two attached hydrogens (primary N) is 1. The number of carboxylic acid groups (broad SMARTS) is 1. The number of carbonyl (C=O) groups is 1. The van der Waals surface area contributed by atoms with E-state index in [0.717, 1.165) is 0 Å². The van der Waals surface area contributed by atoms with E-state index in [-0.39, 0.29) is 18.5 Å². The summed E-state index contributed by atoms with van der Waals surface area (Å²) in [6.45, 7) is 3.55. The van der Waals surface area contributed by atoms with Gasteiger partial charge in [0, 0.05) is 19.2 Å². The topological polar surface area (TPSA) is 72.5 Å². The molecule has 3 N–H and O–H groups in total. The summed E-state index contributed by atoms with van der Waals surface area (Å²) in [6, 6.07) is 5.88. The molecule has 0 saturated carbocycles. The van der Waals surface area contributed by atoms with Gasteiger partial charge in [0.15, 0.2) is 0 Å². The van der Waals surface area contributed by atoms with E-state index in [1.807, 2.05) is 13.8 Å². The van der Waals surface area contributed by atoms with E-state index in [2.05, 4.69) is 0 Å². The zero-order valence-corrected chi connectivity index (χ0v) is 12.1. The van der Waals surface area contributed by atoms with Crippen LogP contribution in [0.15, 0.2) is 24.3 Å². The van der Waals surface area contributed by atoms with Crippen LogP contribution in [0.25, 0.3) is 0 Å². The van der Waals surface area contributed by atoms with E-state index in [1.54, 1.807) is 13.2 Å². The minimum Gasteiger partial charge on any atom is -0.481 e. The second-order valence-electron chi connectivity index (χ2n) is 5.54. The quantitative estimate of drug-likeness (QED) is 0.805. The van der Waals surface area contributed by atoms with Crippen molar-refractivity contribution in [2.45, 2.75) is 37.7 Å². The first-order chi connectivity index (χ1) is 9.29. The number of rotatable bonds is 7. The van der Waals surface area contributed by atoms with Crippen LogP contribution >= 0.6 is 0 Å². The fourth-order valence-electron chi connectivity index (χ4n) is 2.12. The summed E-state index contributed by atoms with van der Waals surface area (Å²) in [7, 11) is 1.56. The lowest BCUT2D eigenvalue weighted by atomic mass is 9.74. The van der Waals surface area contributed by atoms with Crippen molar-refractivity contribution >= 4 is 5.97 Å². The predicted molar refractivity (Wildman–Crippen MR) is 75.1 cm³/mol. The van der Waals surface area contributed by atoms with Crippen LogP contribution in [0.3, 0.4) is 0 Å². The number of hydrogen-bond donors (Lipinski definition) is 2. The molecule has 0 heterocycles. The van der Waals surface area contributed by atoms with Gasteiger partial charge in [-0.3, -0.25) is 4.79 Å². The van der Waals surface area contributed by atoms with Gasteiger partial charge in [0.2, 0.25) is 0 Å². The number of ether oxygens (including phenoxy) is 1. The zero-order chi connectivity index (χ0) is 15.4. The molecule has 0 aliphatic carbocycles. The van der Waals surface area contributed by atoms with Crippen molar-refractivity contribution in [3.8, 4) is 0 Å². The third-order valence-corrected chi connectivity index (χ3v) is 3.85. The highest BCUT2D eigenvalue weighted by molar-refractivity contribution is 5.81. The third-order valence-electron chi connectivity index (χ3n) is 3.85. The molecule has 0 fully saturated rings. The second-order valence-corrected chi connectivity index (χ2v) is 5.54. The normalized spacial score (nSPS) is 14.8. The van der Waals surface area contributed by atoms with Gasteiger partial charge in [-0.15, -0.1) is 0 Å². The van der Waals surface area contributed by atoms with Crippen LogP contribution in [0.2, 0.25) is 0 Å². The highest BCUT2D eigenvalue weighted by Gasteiger charge is 2.42. The van der Waals surface area contributed by atoms with Crippen LogP contribution in [0.4, 0.5) is 4.39 Å². The number of hydrogen-bond acceptors (Lipinski definition) is 3. The van der Waals surface area contributed by atoms with Crippen molar-refractivity contribution in [1.82, 2.24) is 0 Å². The second kappa shape index (κ2) is 6.33. The molecule has 1 unspecified atom stereocenters. The van der Waals surface area contributed by atoms with E-state index in [9.17, 15) is 14.3 Å². The highest BCUT2D eigenvalue weighted by Crippen LogP contribution is 2.33.